The van der Waals surface area contributed by atoms with E-state index in [4.69, 9.17) is 4.74 Å². The second-order valence-corrected chi connectivity index (χ2v) is 9.69. The van der Waals surface area contributed by atoms with Crippen molar-refractivity contribution in [2.45, 2.75) is 37.8 Å². The predicted octanol–water partition coefficient (Wildman–Crippen LogP) is 5.14. The predicted molar refractivity (Wildman–Crippen MR) is 133 cm³/mol. The molecule has 1 amide bonds. The minimum absolute atomic E-state index is 0.0213. The molecule has 0 radical (unpaired) electrons. The van der Waals surface area contributed by atoms with Crippen LogP contribution in [0.1, 0.15) is 47.7 Å². The van der Waals surface area contributed by atoms with E-state index in [2.05, 4.69) is 24.5 Å². The number of ketones is 1. The van der Waals surface area contributed by atoms with Gasteiger partial charge in [-0.15, -0.1) is 0 Å². The number of Topliss-reactive ketones (excluding diaryl/α,β-unsaturated/α-hetero) is 1. The first-order valence-corrected chi connectivity index (χ1v) is 11.9. The molecule has 1 fully saturated rings. The molecule has 2 N–H and O–H groups in total. The summed E-state index contributed by atoms with van der Waals surface area (Å²) in [7, 11) is 1.64. The zero-order valence-electron chi connectivity index (χ0n) is 19.7. The number of para-hydroxylation sites is 1. The topological polar surface area (TPSA) is 67.4 Å². The number of carbonyl (C=O) groups excluding carboxylic acids is 2. The molecule has 1 saturated heterocycles. The zero-order valence-corrected chi connectivity index (χ0v) is 19.7. The lowest BCUT2D eigenvalue weighted by atomic mass is 9.69. The fraction of sp³-hybridized carbons (Fsp3) is 0.310. The molecule has 2 aliphatic heterocycles. The summed E-state index contributed by atoms with van der Waals surface area (Å²) in [6.07, 6.45) is 0.840. The lowest BCUT2D eigenvalue weighted by molar-refractivity contribution is -0.122. The molecule has 2 heterocycles. The van der Waals surface area contributed by atoms with E-state index in [1.54, 1.807) is 7.11 Å². The van der Waals surface area contributed by atoms with Gasteiger partial charge in [-0.05, 0) is 36.1 Å². The molecule has 4 atom stereocenters. The summed E-state index contributed by atoms with van der Waals surface area (Å²) in [6.45, 7) is 4.35. The monoisotopic (exact) mass is 454 g/mol. The summed E-state index contributed by atoms with van der Waals surface area (Å²) in [5.41, 5.74) is 2.13. The number of anilines is 1. The van der Waals surface area contributed by atoms with Crippen LogP contribution in [-0.4, -0.2) is 24.8 Å². The Labute approximate surface area is 200 Å². The molecule has 3 aromatic carbocycles. The number of benzene rings is 3. The van der Waals surface area contributed by atoms with Crippen LogP contribution in [0.4, 0.5) is 5.69 Å². The molecular weight excluding hydrogens is 424 g/mol. The minimum atomic E-state index is -1.13. The van der Waals surface area contributed by atoms with Crippen molar-refractivity contribution in [1.29, 1.82) is 0 Å². The molecule has 5 nitrogen and oxygen atoms in total. The molecule has 0 saturated carbocycles. The first-order chi connectivity index (χ1) is 16.5. The highest BCUT2D eigenvalue weighted by Crippen LogP contribution is 2.54. The van der Waals surface area contributed by atoms with Crippen LogP contribution in [0.5, 0.6) is 5.75 Å². The Morgan fingerprint density at radius 3 is 2.32 bits per heavy atom. The number of rotatable bonds is 6. The van der Waals surface area contributed by atoms with Crippen molar-refractivity contribution in [2.24, 2.45) is 11.8 Å². The Hall–Kier alpha value is -3.44. The van der Waals surface area contributed by atoms with Crippen LogP contribution in [0.2, 0.25) is 0 Å². The van der Waals surface area contributed by atoms with E-state index in [9.17, 15) is 9.59 Å². The largest absolute Gasteiger partial charge is 0.497 e. The molecule has 0 bridgehead atoms. The molecule has 174 valence electrons. The van der Waals surface area contributed by atoms with E-state index in [0.29, 0.717) is 11.5 Å². The van der Waals surface area contributed by atoms with Crippen molar-refractivity contribution in [3.8, 4) is 5.75 Å². The van der Waals surface area contributed by atoms with E-state index in [-0.39, 0.29) is 23.7 Å². The van der Waals surface area contributed by atoms with Crippen LogP contribution >= 0.6 is 0 Å². The number of fused-ring (bicyclic) bond motifs is 2. The molecular formula is C29H30N2O3. The van der Waals surface area contributed by atoms with Crippen molar-refractivity contribution in [3.63, 3.8) is 0 Å². The molecule has 34 heavy (non-hydrogen) atoms. The van der Waals surface area contributed by atoms with Crippen LogP contribution in [0.15, 0.2) is 78.9 Å². The Balaban J connectivity index is 1.73. The number of carbonyl (C=O) groups is 2. The van der Waals surface area contributed by atoms with Crippen molar-refractivity contribution in [1.82, 2.24) is 5.32 Å². The van der Waals surface area contributed by atoms with Crippen LogP contribution in [0.25, 0.3) is 0 Å². The van der Waals surface area contributed by atoms with E-state index in [1.165, 1.54) is 0 Å². The third-order valence-corrected chi connectivity index (χ3v) is 7.20. The van der Waals surface area contributed by atoms with Crippen molar-refractivity contribution in [3.05, 3.63) is 95.6 Å². The van der Waals surface area contributed by atoms with E-state index < -0.39 is 11.5 Å². The van der Waals surface area contributed by atoms with Crippen LogP contribution in [-0.2, 0) is 10.3 Å². The van der Waals surface area contributed by atoms with Gasteiger partial charge in [-0.2, -0.15) is 0 Å². The minimum Gasteiger partial charge on any atom is -0.497 e. The van der Waals surface area contributed by atoms with Crippen molar-refractivity contribution >= 4 is 17.4 Å². The maximum Gasteiger partial charge on any atom is 0.250 e. The first-order valence-electron chi connectivity index (χ1n) is 11.9. The maximum absolute atomic E-state index is 14.3. The third-order valence-electron chi connectivity index (χ3n) is 7.20. The standard InChI is InChI=1S/C29H30N2O3/c1-18(2)17-24-25(19-13-15-21(34-3)16-14-19)26(27(32)20-9-5-4-6-10-20)29(31-24)22-11-7-8-12-23(22)30-28(29)33/h4-16,18,24-26,31H,17H2,1-3H3,(H,30,33). The summed E-state index contributed by atoms with van der Waals surface area (Å²) >= 11 is 0. The van der Waals surface area contributed by atoms with E-state index in [0.717, 1.165) is 29.0 Å². The Kier molecular flexibility index (Phi) is 5.74. The van der Waals surface area contributed by atoms with E-state index in [1.807, 2.05) is 78.9 Å². The highest BCUT2D eigenvalue weighted by atomic mass is 16.5. The Bertz CT molecular complexity index is 1210. The quantitative estimate of drug-likeness (QED) is 0.506. The van der Waals surface area contributed by atoms with Gasteiger partial charge in [-0.1, -0.05) is 74.5 Å². The SMILES string of the molecule is COc1ccc(C2C(CC(C)C)NC3(C(=O)Nc4ccccc43)C2C(=O)c2ccccc2)cc1. The highest BCUT2D eigenvalue weighted by Gasteiger charge is 2.64. The van der Waals surface area contributed by atoms with Gasteiger partial charge < -0.3 is 10.1 Å². The summed E-state index contributed by atoms with van der Waals surface area (Å²) in [4.78, 5) is 28.0. The zero-order chi connectivity index (χ0) is 23.9. The van der Waals surface area contributed by atoms with Gasteiger partial charge in [0, 0.05) is 28.8 Å². The molecule has 3 aromatic rings. The third kappa shape index (κ3) is 3.51. The Morgan fingerprint density at radius 2 is 1.65 bits per heavy atom. The molecule has 5 heteroatoms. The molecule has 5 rings (SSSR count). The normalized spacial score (nSPS) is 25.4. The summed E-state index contributed by atoms with van der Waals surface area (Å²) in [6, 6.07) is 24.9. The van der Waals surface area contributed by atoms with E-state index >= 15 is 0 Å². The number of hydrogen-bond acceptors (Lipinski definition) is 4. The molecule has 2 aliphatic rings. The molecule has 4 unspecified atom stereocenters. The van der Waals surface area contributed by atoms with Crippen molar-refractivity contribution in [2.75, 3.05) is 12.4 Å². The lowest BCUT2D eigenvalue weighted by Crippen LogP contribution is -2.51. The molecule has 1 spiro atoms. The van der Waals surface area contributed by atoms with Crippen LogP contribution in [0.3, 0.4) is 0 Å². The number of hydrogen-bond donors (Lipinski definition) is 2. The average Bonchev–Trinajstić information content (AvgIpc) is 3.33. The number of amides is 1. The molecule has 0 aliphatic carbocycles. The number of methoxy groups -OCH3 is 1. The fourth-order valence-electron chi connectivity index (χ4n) is 5.81. The second kappa shape index (κ2) is 8.73. The highest BCUT2D eigenvalue weighted by molar-refractivity contribution is 6.12. The smallest absolute Gasteiger partial charge is 0.250 e. The van der Waals surface area contributed by atoms with Gasteiger partial charge in [-0.25, -0.2) is 0 Å². The maximum atomic E-state index is 14.3. The van der Waals surface area contributed by atoms with Gasteiger partial charge in [0.2, 0.25) is 5.91 Å². The van der Waals surface area contributed by atoms with Gasteiger partial charge in [0.25, 0.3) is 0 Å². The number of nitrogens with one attached hydrogen (secondary N) is 2. The van der Waals surface area contributed by atoms with Gasteiger partial charge in [-0.3, -0.25) is 14.9 Å². The summed E-state index contributed by atoms with van der Waals surface area (Å²) in [5, 5.41) is 6.77. The summed E-state index contributed by atoms with van der Waals surface area (Å²) in [5.74, 6) is 0.189. The van der Waals surface area contributed by atoms with Gasteiger partial charge in [0.1, 0.15) is 11.3 Å². The van der Waals surface area contributed by atoms with Gasteiger partial charge in [0.05, 0.1) is 13.0 Å². The van der Waals surface area contributed by atoms with Crippen LogP contribution in [0, 0.1) is 11.8 Å². The second-order valence-electron chi connectivity index (χ2n) is 9.69. The van der Waals surface area contributed by atoms with Gasteiger partial charge >= 0.3 is 0 Å². The molecule has 0 aromatic heterocycles. The van der Waals surface area contributed by atoms with Crippen molar-refractivity contribution < 1.29 is 14.3 Å². The van der Waals surface area contributed by atoms with Crippen LogP contribution < -0.4 is 15.4 Å². The Morgan fingerprint density at radius 1 is 0.971 bits per heavy atom. The first kappa shape index (κ1) is 22.4. The van der Waals surface area contributed by atoms with Gasteiger partial charge in [0.15, 0.2) is 5.78 Å². The average molecular weight is 455 g/mol. The number of ether oxygens (including phenoxy) is 1. The fourth-order valence-corrected chi connectivity index (χ4v) is 5.81. The summed E-state index contributed by atoms with van der Waals surface area (Å²) < 4.78 is 5.38. The lowest BCUT2D eigenvalue weighted by Gasteiger charge is -2.31.